The Balaban J connectivity index is 0.00000243. The number of benzene rings is 2. The summed E-state index contributed by atoms with van der Waals surface area (Å²) in [6, 6.07) is 13.2. The zero-order valence-electron chi connectivity index (χ0n) is 14.6. The minimum absolute atomic E-state index is 0. The highest BCUT2D eigenvalue weighted by Gasteiger charge is 2.12. The molecule has 3 rings (SSSR count). The van der Waals surface area contributed by atoms with E-state index in [1.165, 1.54) is 0 Å². The first-order valence-electron chi connectivity index (χ1n) is 7.56. The summed E-state index contributed by atoms with van der Waals surface area (Å²) in [5, 5.41) is 13.6. The first kappa shape index (κ1) is 19.2. The molecule has 3 aromatic rings. The van der Waals surface area contributed by atoms with E-state index in [1.807, 2.05) is 30.3 Å². The third kappa shape index (κ3) is 3.58. The molecule has 0 bridgehead atoms. The largest absolute Gasteiger partial charge is 0.497 e. The average Bonchev–Trinajstić information content (AvgIpc) is 2.67. The standard InChI is InChI=1S/C19H17N3O3.ClH/c1-23-14-5-6-15-16(9-14)21-11-12(10-20)19(15)22-13-4-7-17(24-2)18(8-13)25-3;/h4-9,11H,1-3H3,(H,21,22);1H. The molecule has 1 aromatic heterocycles. The number of aromatic nitrogens is 1. The molecule has 0 aliphatic heterocycles. The molecule has 0 fully saturated rings. The summed E-state index contributed by atoms with van der Waals surface area (Å²) in [4.78, 5) is 4.34. The number of hydrogen-bond donors (Lipinski definition) is 1. The van der Waals surface area contributed by atoms with Gasteiger partial charge in [0.1, 0.15) is 11.8 Å². The van der Waals surface area contributed by atoms with Gasteiger partial charge in [-0.3, -0.25) is 4.98 Å². The molecule has 1 heterocycles. The molecule has 6 nitrogen and oxygen atoms in total. The predicted octanol–water partition coefficient (Wildman–Crippen LogP) is 4.30. The van der Waals surface area contributed by atoms with Crippen molar-refractivity contribution in [2.75, 3.05) is 26.6 Å². The summed E-state index contributed by atoms with van der Waals surface area (Å²) in [6.07, 6.45) is 1.55. The van der Waals surface area contributed by atoms with Gasteiger partial charge in [0.15, 0.2) is 11.5 Å². The summed E-state index contributed by atoms with van der Waals surface area (Å²) < 4.78 is 15.8. The van der Waals surface area contributed by atoms with Crippen LogP contribution in [0.2, 0.25) is 0 Å². The van der Waals surface area contributed by atoms with Gasteiger partial charge in [-0.1, -0.05) is 0 Å². The number of pyridine rings is 1. The predicted molar refractivity (Wildman–Crippen MR) is 103 cm³/mol. The highest BCUT2D eigenvalue weighted by Crippen LogP contribution is 2.34. The van der Waals surface area contributed by atoms with Crippen LogP contribution in [-0.2, 0) is 0 Å². The van der Waals surface area contributed by atoms with Crippen molar-refractivity contribution in [1.82, 2.24) is 4.98 Å². The van der Waals surface area contributed by atoms with Crippen molar-refractivity contribution in [3.63, 3.8) is 0 Å². The van der Waals surface area contributed by atoms with E-state index in [0.29, 0.717) is 28.5 Å². The molecule has 0 aliphatic carbocycles. The molecule has 134 valence electrons. The molecule has 26 heavy (non-hydrogen) atoms. The fourth-order valence-electron chi connectivity index (χ4n) is 2.58. The quantitative estimate of drug-likeness (QED) is 0.720. The molecule has 0 amide bonds. The van der Waals surface area contributed by atoms with Crippen molar-refractivity contribution in [3.8, 4) is 23.3 Å². The lowest BCUT2D eigenvalue weighted by Crippen LogP contribution is -1.98. The molecule has 0 atom stereocenters. The molecular weight excluding hydrogens is 354 g/mol. The number of methoxy groups -OCH3 is 3. The fraction of sp³-hybridized carbons (Fsp3) is 0.158. The van der Waals surface area contributed by atoms with Crippen LogP contribution < -0.4 is 19.5 Å². The highest BCUT2D eigenvalue weighted by atomic mass is 35.5. The van der Waals surface area contributed by atoms with Gasteiger partial charge < -0.3 is 19.5 Å². The number of nitrogens with one attached hydrogen (secondary N) is 1. The Morgan fingerprint density at radius 3 is 2.38 bits per heavy atom. The van der Waals surface area contributed by atoms with Crippen LogP contribution in [0.5, 0.6) is 17.2 Å². The summed E-state index contributed by atoms with van der Waals surface area (Å²) in [5.74, 6) is 1.95. The van der Waals surface area contributed by atoms with Crippen molar-refractivity contribution in [1.29, 1.82) is 5.26 Å². The van der Waals surface area contributed by atoms with E-state index in [4.69, 9.17) is 14.2 Å². The molecule has 0 saturated heterocycles. The van der Waals surface area contributed by atoms with Crippen molar-refractivity contribution in [2.24, 2.45) is 0 Å². The number of fused-ring (bicyclic) bond motifs is 1. The van der Waals surface area contributed by atoms with Gasteiger partial charge in [-0.15, -0.1) is 12.4 Å². The monoisotopic (exact) mass is 371 g/mol. The van der Waals surface area contributed by atoms with Crippen molar-refractivity contribution in [2.45, 2.75) is 0 Å². The minimum Gasteiger partial charge on any atom is -0.497 e. The van der Waals surface area contributed by atoms with Gasteiger partial charge in [0.05, 0.1) is 38.1 Å². The highest BCUT2D eigenvalue weighted by molar-refractivity contribution is 5.96. The van der Waals surface area contributed by atoms with Crippen LogP contribution in [0.1, 0.15) is 5.56 Å². The van der Waals surface area contributed by atoms with Crippen LogP contribution in [0.4, 0.5) is 11.4 Å². The van der Waals surface area contributed by atoms with Crippen LogP contribution in [0.3, 0.4) is 0 Å². The van der Waals surface area contributed by atoms with Gasteiger partial charge in [-0.2, -0.15) is 5.26 Å². The number of nitrogens with zero attached hydrogens (tertiary/aromatic N) is 2. The molecule has 2 aromatic carbocycles. The van der Waals surface area contributed by atoms with E-state index in [1.54, 1.807) is 33.6 Å². The molecular formula is C19H18ClN3O3. The lowest BCUT2D eigenvalue weighted by molar-refractivity contribution is 0.355. The number of halogens is 1. The molecule has 0 spiro atoms. The van der Waals surface area contributed by atoms with Gasteiger partial charge in [0.2, 0.25) is 0 Å². The van der Waals surface area contributed by atoms with Crippen molar-refractivity contribution in [3.05, 3.63) is 48.2 Å². The van der Waals surface area contributed by atoms with Gasteiger partial charge in [-0.25, -0.2) is 0 Å². The second-order valence-corrected chi connectivity index (χ2v) is 5.24. The Labute approximate surface area is 157 Å². The summed E-state index contributed by atoms with van der Waals surface area (Å²) in [6.45, 7) is 0. The van der Waals surface area contributed by atoms with Crippen LogP contribution in [0.15, 0.2) is 42.6 Å². The molecule has 0 unspecified atom stereocenters. The van der Waals surface area contributed by atoms with Crippen LogP contribution in [0, 0.1) is 11.3 Å². The lowest BCUT2D eigenvalue weighted by atomic mass is 10.1. The van der Waals surface area contributed by atoms with E-state index in [0.717, 1.165) is 16.6 Å². The molecule has 0 radical (unpaired) electrons. The number of ether oxygens (including phenoxy) is 3. The zero-order chi connectivity index (χ0) is 17.8. The normalized spacial score (nSPS) is 9.77. The minimum atomic E-state index is 0. The summed E-state index contributed by atoms with van der Waals surface area (Å²) in [7, 11) is 4.77. The van der Waals surface area contributed by atoms with Crippen LogP contribution in [0.25, 0.3) is 10.9 Å². The first-order valence-corrected chi connectivity index (χ1v) is 7.56. The van der Waals surface area contributed by atoms with Gasteiger partial charge in [-0.05, 0) is 24.3 Å². The van der Waals surface area contributed by atoms with Gasteiger partial charge >= 0.3 is 0 Å². The Morgan fingerprint density at radius 1 is 0.962 bits per heavy atom. The number of nitriles is 1. The van der Waals surface area contributed by atoms with Crippen molar-refractivity contribution >= 4 is 34.7 Å². The topological polar surface area (TPSA) is 76.4 Å². The maximum absolute atomic E-state index is 9.44. The smallest absolute Gasteiger partial charge is 0.162 e. The zero-order valence-corrected chi connectivity index (χ0v) is 15.4. The first-order chi connectivity index (χ1) is 12.2. The summed E-state index contributed by atoms with van der Waals surface area (Å²) >= 11 is 0. The summed E-state index contributed by atoms with van der Waals surface area (Å²) in [5.41, 5.74) is 2.65. The van der Waals surface area contributed by atoms with Gasteiger partial charge in [0.25, 0.3) is 0 Å². The van der Waals surface area contributed by atoms with E-state index < -0.39 is 0 Å². The second kappa shape index (κ2) is 8.28. The Bertz CT molecular complexity index is 970. The molecule has 1 N–H and O–H groups in total. The molecule has 0 aliphatic rings. The Hall–Kier alpha value is -3.17. The van der Waals surface area contributed by atoms with Crippen LogP contribution >= 0.6 is 12.4 Å². The van der Waals surface area contributed by atoms with Gasteiger partial charge in [0, 0.05) is 29.4 Å². The maximum Gasteiger partial charge on any atom is 0.162 e. The van der Waals surface area contributed by atoms with E-state index in [-0.39, 0.29) is 12.4 Å². The molecule has 0 saturated carbocycles. The van der Waals surface area contributed by atoms with Crippen molar-refractivity contribution < 1.29 is 14.2 Å². The Morgan fingerprint density at radius 2 is 1.73 bits per heavy atom. The maximum atomic E-state index is 9.44. The molecule has 7 heteroatoms. The van der Waals surface area contributed by atoms with Crippen LogP contribution in [-0.4, -0.2) is 26.3 Å². The Kier molecular flexibility index (Phi) is 6.10. The average molecular weight is 372 g/mol. The van der Waals surface area contributed by atoms with E-state index >= 15 is 0 Å². The lowest BCUT2D eigenvalue weighted by Gasteiger charge is -2.14. The second-order valence-electron chi connectivity index (χ2n) is 5.24. The SMILES string of the molecule is COc1ccc2c(Nc3ccc(OC)c(OC)c3)c(C#N)cnc2c1.Cl. The fourth-order valence-corrected chi connectivity index (χ4v) is 2.58. The number of rotatable bonds is 5. The van der Waals surface area contributed by atoms with E-state index in [9.17, 15) is 5.26 Å². The third-order valence-electron chi connectivity index (χ3n) is 3.85. The van der Waals surface area contributed by atoms with E-state index in [2.05, 4.69) is 16.4 Å². The number of hydrogen-bond acceptors (Lipinski definition) is 6. The third-order valence-corrected chi connectivity index (χ3v) is 3.85. The number of anilines is 2.